The van der Waals surface area contributed by atoms with E-state index in [1.807, 2.05) is 12.1 Å². The second-order valence-electron chi connectivity index (χ2n) is 4.97. The topological polar surface area (TPSA) is 29.1 Å². The van der Waals surface area contributed by atoms with Crippen LogP contribution in [0.2, 0.25) is 0 Å². The van der Waals surface area contributed by atoms with Crippen molar-refractivity contribution in [3.63, 3.8) is 0 Å². The van der Waals surface area contributed by atoms with Gasteiger partial charge < -0.3 is 5.32 Å². The number of hydrogen-bond donors (Lipinski definition) is 1. The molecule has 0 amide bonds. The van der Waals surface area contributed by atoms with Crippen molar-refractivity contribution in [2.75, 3.05) is 6.54 Å². The summed E-state index contributed by atoms with van der Waals surface area (Å²) in [6.07, 6.45) is 2.66. The van der Waals surface area contributed by atoms with Crippen molar-refractivity contribution < 1.29 is 4.79 Å². The number of Topliss-reactive ketones (excluding diaryl/α,β-unsaturated/α-hetero) is 1. The van der Waals surface area contributed by atoms with Gasteiger partial charge in [0.2, 0.25) is 0 Å². The highest BCUT2D eigenvalue weighted by molar-refractivity contribution is 5.88. The lowest BCUT2D eigenvalue weighted by Crippen LogP contribution is -2.31. The first-order valence-electron chi connectivity index (χ1n) is 6.57. The molecule has 0 saturated carbocycles. The van der Waals surface area contributed by atoms with E-state index >= 15 is 0 Å². The molecule has 3 rings (SSSR count). The van der Waals surface area contributed by atoms with E-state index in [9.17, 15) is 4.79 Å². The summed E-state index contributed by atoms with van der Waals surface area (Å²) in [5, 5.41) is 5.70. The predicted octanol–water partition coefficient (Wildman–Crippen LogP) is 2.70. The van der Waals surface area contributed by atoms with Crippen LogP contribution in [0.3, 0.4) is 0 Å². The monoisotopic (exact) mass is 239 g/mol. The third-order valence-corrected chi connectivity index (χ3v) is 3.64. The fourth-order valence-corrected chi connectivity index (χ4v) is 2.63. The summed E-state index contributed by atoms with van der Waals surface area (Å²) in [4.78, 5) is 12.1. The van der Waals surface area contributed by atoms with E-state index in [0.717, 1.165) is 24.9 Å². The van der Waals surface area contributed by atoms with Gasteiger partial charge in [-0.3, -0.25) is 4.79 Å². The van der Waals surface area contributed by atoms with Gasteiger partial charge in [-0.05, 0) is 35.7 Å². The number of carbonyl (C=O) groups is 1. The molecule has 0 aromatic heterocycles. The molecule has 1 aliphatic rings. The molecular weight excluding hydrogens is 222 g/mol. The van der Waals surface area contributed by atoms with Crippen molar-refractivity contribution >= 4 is 16.6 Å². The van der Waals surface area contributed by atoms with Gasteiger partial charge in [0.15, 0.2) is 5.78 Å². The lowest BCUT2D eigenvalue weighted by Gasteiger charge is -2.09. The van der Waals surface area contributed by atoms with Crippen LogP contribution >= 0.6 is 0 Å². The van der Waals surface area contributed by atoms with Gasteiger partial charge in [-0.1, -0.05) is 42.5 Å². The quantitative estimate of drug-likeness (QED) is 0.892. The Kier molecular flexibility index (Phi) is 3.11. The van der Waals surface area contributed by atoms with Crippen LogP contribution in [0.4, 0.5) is 0 Å². The van der Waals surface area contributed by atoms with Gasteiger partial charge in [0.25, 0.3) is 0 Å². The summed E-state index contributed by atoms with van der Waals surface area (Å²) in [5.74, 6) is 0.322. The SMILES string of the molecule is O=C(Cc1ccc2ccccc2c1)C1CCCN1. The van der Waals surface area contributed by atoms with Gasteiger partial charge in [-0.25, -0.2) is 0 Å². The molecule has 1 heterocycles. The molecule has 1 N–H and O–H groups in total. The Morgan fingerprint density at radius 1 is 1.17 bits per heavy atom. The average Bonchev–Trinajstić information content (AvgIpc) is 2.92. The Bertz CT molecular complexity index is 570. The Morgan fingerprint density at radius 3 is 2.78 bits per heavy atom. The molecule has 0 spiro atoms. The van der Waals surface area contributed by atoms with Crippen LogP contribution in [0, 0.1) is 0 Å². The molecule has 1 aliphatic heterocycles. The van der Waals surface area contributed by atoms with Crippen LogP contribution in [-0.4, -0.2) is 18.4 Å². The van der Waals surface area contributed by atoms with E-state index in [4.69, 9.17) is 0 Å². The van der Waals surface area contributed by atoms with Crippen LogP contribution in [0.25, 0.3) is 10.8 Å². The molecule has 1 atom stereocenters. The molecular formula is C16H17NO. The number of hydrogen-bond acceptors (Lipinski definition) is 2. The van der Waals surface area contributed by atoms with Gasteiger partial charge in [0.1, 0.15) is 0 Å². The number of ketones is 1. The van der Waals surface area contributed by atoms with E-state index in [1.165, 1.54) is 10.8 Å². The number of nitrogens with one attached hydrogen (secondary N) is 1. The largest absolute Gasteiger partial charge is 0.307 e. The maximum atomic E-state index is 12.1. The summed E-state index contributed by atoms with van der Waals surface area (Å²) in [6.45, 7) is 0.980. The molecule has 2 aromatic rings. The van der Waals surface area contributed by atoms with Crippen molar-refractivity contribution in [2.45, 2.75) is 25.3 Å². The summed E-state index contributed by atoms with van der Waals surface area (Å²) in [6, 6.07) is 14.6. The molecule has 2 aromatic carbocycles. The van der Waals surface area contributed by atoms with Gasteiger partial charge >= 0.3 is 0 Å². The molecule has 2 nitrogen and oxygen atoms in total. The number of fused-ring (bicyclic) bond motifs is 1. The van der Waals surface area contributed by atoms with Crippen LogP contribution in [0.1, 0.15) is 18.4 Å². The molecule has 92 valence electrons. The fourth-order valence-electron chi connectivity index (χ4n) is 2.63. The highest BCUT2D eigenvalue weighted by atomic mass is 16.1. The molecule has 1 unspecified atom stereocenters. The normalized spacial score (nSPS) is 19.2. The highest BCUT2D eigenvalue weighted by Crippen LogP contribution is 2.17. The second kappa shape index (κ2) is 4.91. The van der Waals surface area contributed by atoms with Crippen molar-refractivity contribution in [1.29, 1.82) is 0 Å². The first-order chi connectivity index (χ1) is 8.83. The van der Waals surface area contributed by atoms with Crippen molar-refractivity contribution in [3.8, 4) is 0 Å². The first-order valence-corrected chi connectivity index (χ1v) is 6.57. The van der Waals surface area contributed by atoms with E-state index < -0.39 is 0 Å². The van der Waals surface area contributed by atoms with Gasteiger partial charge in [0.05, 0.1) is 6.04 Å². The van der Waals surface area contributed by atoms with Gasteiger partial charge in [0, 0.05) is 6.42 Å². The van der Waals surface area contributed by atoms with E-state index in [-0.39, 0.29) is 6.04 Å². The van der Waals surface area contributed by atoms with E-state index in [0.29, 0.717) is 12.2 Å². The summed E-state index contributed by atoms with van der Waals surface area (Å²) >= 11 is 0. The van der Waals surface area contributed by atoms with E-state index in [1.54, 1.807) is 0 Å². The van der Waals surface area contributed by atoms with Gasteiger partial charge in [-0.2, -0.15) is 0 Å². The maximum Gasteiger partial charge on any atom is 0.154 e. The van der Waals surface area contributed by atoms with Crippen LogP contribution in [-0.2, 0) is 11.2 Å². The number of benzene rings is 2. The van der Waals surface area contributed by atoms with Crippen molar-refractivity contribution in [2.24, 2.45) is 0 Å². The number of carbonyl (C=O) groups excluding carboxylic acids is 1. The maximum absolute atomic E-state index is 12.1. The fraction of sp³-hybridized carbons (Fsp3) is 0.312. The molecule has 0 bridgehead atoms. The highest BCUT2D eigenvalue weighted by Gasteiger charge is 2.21. The summed E-state index contributed by atoms with van der Waals surface area (Å²) < 4.78 is 0. The molecule has 0 aliphatic carbocycles. The minimum Gasteiger partial charge on any atom is -0.307 e. The third-order valence-electron chi connectivity index (χ3n) is 3.64. The Labute approximate surface area is 107 Å². The number of rotatable bonds is 3. The molecule has 0 radical (unpaired) electrons. The van der Waals surface area contributed by atoms with E-state index in [2.05, 4.69) is 35.6 Å². The van der Waals surface area contributed by atoms with Crippen LogP contribution in [0.15, 0.2) is 42.5 Å². The zero-order chi connectivity index (χ0) is 12.4. The zero-order valence-electron chi connectivity index (χ0n) is 10.4. The lowest BCUT2D eigenvalue weighted by atomic mass is 10.00. The van der Waals surface area contributed by atoms with Crippen LogP contribution in [0.5, 0.6) is 0 Å². The van der Waals surface area contributed by atoms with Crippen LogP contribution < -0.4 is 5.32 Å². The predicted molar refractivity (Wildman–Crippen MR) is 73.7 cm³/mol. The zero-order valence-corrected chi connectivity index (χ0v) is 10.4. The Morgan fingerprint density at radius 2 is 2.00 bits per heavy atom. The van der Waals surface area contributed by atoms with Crippen molar-refractivity contribution in [1.82, 2.24) is 5.32 Å². The molecule has 2 heteroatoms. The summed E-state index contributed by atoms with van der Waals surface area (Å²) in [7, 11) is 0. The molecule has 1 fully saturated rings. The first kappa shape index (κ1) is 11.4. The average molecular weight is 239 g/mol. The second-order valence-corrected chi connectivity index (χ2v) is 4.97. The lowest BCUT2D eigenvalue weighted by molar-refractivity contribution is -0.120. The minimum absolute atomic E-state index is 0.0801. The Balaban J connectivity index is 1.79. The molecule has 1 saturated heterocycles. The standard InChI is InChI=1S/C16H17NO/c18-16(15-6-3-9-17-15)11-12-7-8-13-4-1-2-5-14(13)10-12/h1-2,4-5,7-8,10,15,17H,3,6,9,11H2. The van der Waals surface area contributed by atoms with Gasteiger partial charge in [-0.15, -0.1) is 0 Å². The minimum atomic E-state index is 0.0801. The smallest absolute Gasteiger partial charge is 0.154 e. The molecule has 18 heavy (non-hydrogen) atoms. The summed E-state index contributed by atoms with van der Waals surface area (Å²) in [5.41, 5.74) is 1.12. The third kappa shape index (κ3) is 2.29. The Hall–Kier alpha value is -1.67. The van der Waals surface area contributed by atoms with Crippen molar-refractivity contribution in [3.05, 3.63) is 48.0 Å².